The molecule has 2 saturated heterocycles. The minimum Gasteiger partial charge on any atom is -0.497 e. The number of nitrogens with zero attached hydrogens (tertiary/aromatic N) is 3. The number of benzene rings is 2. The molecule has 0 aliphatic carbocycles. The predicted molar refractivity (Wildman–Crippen MR) is 138 cm³/mol. The standard InChI is InChI=1S/C28H35N3O5/c1-4-36-26-9-5-22(6-10-26)19-24(32)20-27-28(33)31(23-7-11-25(34-3)12-8-23)21(2)30(27)14-13-29-15-17-35-18-16-29/h5-12,27H,2,4,13-20H2,1,3H3. The Morgan fingerprint density at radius 2 is 1.69 bits per heavy atom. The van der Waals surface area contributed by atoms with E-state index in [4.69, 9.17) is 14.2 Å². The molecule has 0 bridgehead atoms. The fourth-order valence-electron chi connectivity index (χ4n) is 4.67. The molecule has 2 heterocycles. The van der Waals surface area contributed by atoms with Crippen LogP contribution in [0.1, 0.15) is 18.9 Å². The number of carbonyl (C=O) groups is 2. The Hall–Kier alpha value is -3.36. The van der Waals surface area contributed by atoms with E-state index in [9.17, 15) is 9.59 Å². The minimum absolute atomic E-state index is 0.0123. The first-order chi connectivity index (χ1) is 17.5. The number of hydrogen-bond acceptors (Lipinski definition) is 7. The zero-order chi connectivity index (χ0) is 25.5. The zero-order valence-corrected chi connectivity index (χ0v) is 21.2. The van der Waals surface area contributed by atoms with Crippen molar-refractivity contribution in [2.24, 2.45) is 0 Å². The molecule has 1 atom stereocenters. The average Bonchev–Trinajstić information content (AvgIpc) is 3.13. The third-order valence-electron chi connectivity index (χ3n) is 6.62. The van der Waals surface area contributed by atoms with Crippen LogP contribution < -0.4 is 14.4 Å². The van der Waals surface area contributed by atoms with Crippen LogP contribution >= 0.6 is 0 Å². The lowest BCUT2D eigenvalue weighted by molar-refractivity contribution is -0.125. The summed E-state index contributed by atoms with van der Waals surface area (Å²) in [6, 6.07) is 14.3. The van der Waals surface area contributed by atoms with E-state index in [1.807, 2.05) is 60.4 Å². The van der Waals surface area contributed by atoms with Crippen molar-refractivity contribution in [2.45, 2.75) is 25.8 Å². The van der Waals surface area contributed by atoms with Gasteiger partial charge in [0.2, 0.25) is 0 Å². The zero-order valence-electron chi connectivity index (χ0n) is 21.2. The number of morpholine rings is 1. The second-order valence-electron chi connectivity index (χ2n) is 8.95. The monoisotopic (exact) mass is 493 g/mol. The number of ether oxygens (including phenoxy) is 3. The number of carbonyl (C=O) groups excluding carboxylic acids is 2. The number of anilines is 1. The van der Waals surface area contributed by atoms with Crippen molar-refractivity contribution in [3.8, 4) is 11.5 Å². The molecule has 192 valence electrons. The van der Waals surface area contributed by atoms with Gasteiger partial charge in [-0.1, -0.05) is 18.7 Å². The SMILES string of the molecule is C=C1N(c2ccc(OC)cc2)C(=O)C(CC(=O)Cc2ccc(OCC)cc2)N1CCN1CCOCC1. The fraction of sp³-hybridized carbons (Fsp3) is 0.429. The topological polar surface area (TPSA) is 71.6 Å². The van der Waals surface area contributed by atoms with Crippen molar-refractivity contribution < 1.29 is 23.8 Å². The highest BCUT2D eigenvalue weighted by atomic mass is 16.5. The van der Waals surface area contributed by atoms with Crippen molar-refractivity contribution in [2.75, 3.05) is 58.0 Å². The molecule has 2 aliphatic rings. The minimum atomic E-state index is -0.587. The largest absolute Gasteiger partial charge is 0.497 e. The van der Waals surface area contributed by atoms with Crippen LogP contribution in [0.15, 0.2) is 60.9 Å². The Morgan fingerprint density at radius 3 is 2.33 bits per heavy atom. The first kappa shape index (κ1) is 25.7. The lowest BCUT2D eigenvalue weighted by Crippen LogP contribution is -2.43. The maximum Gasteiger partial charge on any atom is 0.255 e. The van der Waals surface area contributed by atoms with Crippen molar-refractivity contribution in [1.82, 2.24) is 9.80 Å². The highest BCUT2D eigenvalue weighted by molar-refractivity contribution is 6.04. The molecule has 0 aromatic heterocycles. The van der Waals surface area contributed by atoms with Crippen LogP contribution in [-0.4, -0.2) is 80.6 Å². The summed E-state index contributed by atoms with van der Waals surface area (Å²) < 4.78 is 16.2. The summed E-state index contributed by atoms with van der Waals surface area (Å²) >= 11 is 0. The summed E-state index contributed by atoms with van der Waals surface area (Å²) in [5, 5.41) is 0. The van der Waals surface area contributed by atoms with Crippen molar-refractivity contribution in [1.29, 1.82) is 0 Å². The highest BCUT2D eigenvalue weighted by Gasteiger charge is 2.42. The molecule has 2 fully saturated rings. The number of ketones is 1. The van der Waals surface area contributed by atoms with Crippen LogP contribution in [0.4, 0.5) is 5.69 Å². The Bertz CT molecular complexity index is 1050. The second kappa shape index (κ2) is 12.1. The number of Topliss-reactive ketones (excluding diaryl/α,β-unsaturated/α-hetero) is 1. The van der Waals surface area contributed by atoms with Crippen LogP contribution in [0.5, 0.6) is 11.5 Å². The molecule has 1 unspecified atom stereocenters. The Kier molecular flexibility index (Phi) is 8.61. The van der Waals surface area contributed by atoms with Crippen molar-refractivity contribution in [3.05, 3.63) is 66.5 Å². The maximum absolute atomic E-state index is 13.6. The molecule has 0 N–H and O–H groups in total. The van der Waals surface area contributed by atoms with Crippen molar-refractivity contribution >= 4 is 17.4 Å². The van der Waals surface area contributed by atoms with Gasteiger partial charge in [0.25, 0.3) is 5.91 Å². The van der Waals surface area contributed by atoms with E-state index in [-0.39, 0.29) is 24.5 Å². The van der Waals surface area contributed by atoms with Crippen LogP contribution in [0.2, 0.25) is 0 Å². The lowest BCUT2D eigenvalue weighted by Gasteiger charge is -2.31. The van der Waals surface area contributed by atoms with E-state index < -0.39 is 6.04 Å². The summed E-state index contributed by atoms with van der Waals surface area (Å²) in [6.07, 6.45) is 0.392. The Morgan fingerprint density at radius 1 is 1.03 bits per heavy atom. The number of rotatable bonds is 11. The smallest absolute Gasteiger partial charge is 0.255 e. The van der Waals surface area contributed by atoms with E-state index in [2.05, 4.69) is 11.5 Å². The molecule has 8 nitrogen and oxygen atoms in total. The van der Waals surface area contributed by atoms with Gasteiger partial charge in [-0.25, -0.2) is 0 Å². The van der Waals surface area contributed by atoms with E-state index in [0.29, 0.717) is 43.6 Å². The van der Waals surface area contributed by atoms with Gasteiger partial charge in [0, 0.05) is 39.0 Å². The van der Waals surface area contributed by atoms with Gasteiger partial charge in [0.05, 0.1) is 32.6 Å². The van der Waals surface area contributed by atoms with Crippen LogP contribution in [0.3, 0.4) is 0 Å². The van der Waals surface area contributed by atoms with Gasteiger partial charge in [0.15, 0.2) is 0 Å². The van der Waals surface area contributed by atoms with Gasteiger partial charge < -0.3 is 19.1 Å². The summed E-state index contributed by atoms with van der Waals surface area (Å²) in [6.45, 7) is 11.3. The first-order valence-corrected chi connectivity index (χ1v) is 12.5. The Labute approximate surface area is 213 Å². The summed E-state index contributed by atoms with van der Waals surface area (Å²) in [7, 11) is 1.61. The molecular formula is C28H35N3O5. The molecule has 1 amide bonds. The van der Waals surface area contributed by atoms with E-state index in [0.717, 1.165) is 30.9 Å². The summed E-state index contributed by atoms with van der Waals surface area (Å²) in [4.78, 5) is 32.7. The van der Waals surface area contributed by atoms with Gasteiger partial charge >= 0.3 is 0 Å². The van der Waals surface area contributed by atoms with E-state index in [1.165, 1.54) is 0 Å². The van der Waals surface area contributed by atoms with Gasteiger partial charge in [0.1, 0.15) is 29.1 Å². The van der Waals surface area contributed by atoms with Crippen molar-refractivity contribution in [3.63, 3.8) is 0 Å². The third-order valence-corrected chi connectivity index (χ3v) is 6.62. The van der Waals surface area contributed by atoms with Gasteiger partial charge in [-0.15, -0.1) is 0 Å². The molecule has 0 spiro atoms. The molecule has 36 heavy (non-hydrogen) atoms. The number of hydrogen-bond donors (Lipinski definition) is 0. The summed E-state index contributed by atoms with van der Waals surface area (Å²) in [5.74, 6) is 1.96. The molecule has 4 rings (SSSR count). The highest BCUT2D eigenvalue weighted by Crippen LogP contribution is 2.33. The molecule has 0 saturated carbocycles. The molecule has 0 radical (unpaired) electrons. The molecule has 2 aromatic carbocycles. The fourth-order valence-corrected chi connectivity index (χ4v) is 4.67. The molecule has 2 aliphatic heterocycles. The lowest BCUT2D eigenvalue weighted by atomic mass is 10.0. The number of methoxy groups -OCH3 is 1. The van der Waals surface area contributed by atoms with Crippen LogP contribution in [0, 0.1) is 0 Å². The first-order valence-electron chi connectivity index (χ1n) is 12.5. The third kappa shape index (κ3) is 6.06. The molecule has 8 heteroatoms. The predicted octanol–water partition coefficient (Wildman–Crippen LogP) is 3.12. The summed E-state index contributed by atoms with van der Waals surface area (Å²) in [5.41, 5.74) is 1.61. The Balaban J connectivity index is 1.49. The van der Waals surface area contributed by atoms with Gasteiger partial charge in [-0.2, -0.15) is 0 Å². The van der Waals surface area contributed by atoms with Crippen LogP contribution in [-0.2, 0) is 20.7 Å². The quantitative estimate of drug-likeness (QED) is 0.476. The maximum atomic E-state index is 13.6. The number of amides is 1. The molecular weight excluding hydrogens is 458 g/mol. The van der Waals surface area contributed by atoms with Gasteiger partial charge in [-0.3, -0.25) is 19.4 Å². The average molecular weight is 494 g/mol. The van der Waals surface area contributed by atoms with Crippen LogP contribution in [0.25, 0.3) is 0 Å². The van der Waals surface area contributed by atoms with E-state index in [1.54, 1.807) is 12.0 Å². The van der Waals surface area contributed by atoms with Gasteiger partial charge in [-0.05, 0) is 48.9 Å². The second-order valence-corrected chi connectivity index (χ2v) is 8.95. The van der Waals surface area contributed by atoms with E-state index >= 15 is 0 Å². The molecule has 2 aromatic rings. The normalized spacial score (nSPS) is 18.6.